The molecule has 0 saturated heterocycles. The maximum Gasteiger partial charge on any atom is 0.417 e. The lowest BCUT2D eigenvalue weighted by Crippen LogP contribution is -2.12. The predicted octanol–water partition coefficient (Wildman–Crippen LogP) is 8.79. The highest BCUT2D eigenvalue weighted by Crippen LogP contribution is 2.49. The Hall–Kier alpha value is -3.23. The highest BCUT2D eigenvalue weighted by Gasteiger charge is 2.40. The Morgan fingerprint density at radius 2 is 0.719 bits per heavy atom. The second-order valence-electron chi connectivity index (χ2n) is 7.45. The number of alkyl halides is 9. The lowest BCUT2D eigenvalue weighted by molar-refractivity contribution is -0.140. The second kappa shape index (κ2) is 6.17. The molecule has 0 spiro atoms. The number of rotatable bonds is 0. The van der Waals surface area contributed by atoms with E-state index in [0.29, 0.717) is 12.1 Å². The zero-order chi connectivity index (χ0) is 23.2. The smallest absolute Gasteiger partial charge is 0.166 e. The second-order valence-corrected chi connectivity index (χ2v) is 7.45. The summed E-state index contributed by atoms with van der Waals surface area (Å²) in [6.07, 6.45) is -14.8. The van der Waals surface area contributed by atoms with Gasteiger partial charge in [-0.1, -0.05) is 36.4 Å². The van der Waals surface area contributed by atoms with Crippen LogP contribution in [0.3, 0.4) is 0 Å². The van der Waals surface area contributed by atoms with Gasteiger partial charge in [-0.2, -0.15) is 39.5 Å². The quantitative estimate of drug-likeness (QED) is 0.124. The number of benzene rings is 5. The van der Waals surface area contributed by atoms with Crippen molar-refractivity contribution in [3.05, 3.63) is 71.3 Å². The lowest BCUT2D eigenvalue weighted by Gasteiger charge is -2.21. The molecular formula is C23H9F9. The Balaban J connectivity index is 2.11. The summed E-state index contributed by atoms with van der Waals surface area (Å²) in [7, 11) is 0. The van der Waals surface area contributed by atoms with Crippen LogP contribution in [0, 0.1) is 0 Å². The minimum Gasteiger partial charge on any atom is -0.166 e. The van der Waals surface area contributed by atoms with E-state index in [2.05, 4.69) is 0 Å². The number of hydrogen-bond acceptors (Lipinski definition) is 0. The van der Waals surface area contributed by atoms with Crippen molar-refractivity contribution in [2.24, 2.45) is 0 Å². The van der Waals surface area contributed by atoms with Gasteiger partial charge in [0.15, 0.2) is 0 Å². The third-order valence-electron chi connectivity index (χ3n) is 5.70. The van der Waals surface area contributed by atoms with Gasteiger partial charge in [-0.25, -0.2) is 0 Å². The summed E-state index contributed by atoms with van der Waals surface area (Å²) in [5, 5.41) is -1.000. The molecule has 0 radical (unpaired) electrons. The first-order valence-corrected chi connectivity index (χ1v) is 9.18. The summed E-state index contributed by atoms with van der Waals surface area (Å²) in [5.41, 5.74) is -3.84. The number of fused-ring (bicyclic) bond motifs is 2. The molecule has 0 N–H and O–H groups in total. The first-order valence-electron chi connectivity index (χ1n) is 9.18. The van der Waals surface area contributed by atoms with Crippen molar-refractivity contribution in [3.8, 4) is 0 Å². The molecule has 0 nitrogen and oxygen atoms in total. The maximum atomic E-state index is 13.7. The Bertz CT molecular complexity index is 1450. The summed E-state index contributed by atoms with van der Waals surface area (Å²) in [6, 6.07) is 8.97. The van der Waals surface area contributed by atoms with Crippen molar-refractivity contribution in [3.63, 3.8) is 0 Å². The summed E-state index contributed by atoms with van der Waals surface area (Å²) in [4.78, 5) is 0. The summed E-state index contributed by atoms with van der Waals surface area (Å²) in [6.45, 7) is 0. The molecular weight excluding hydrogens is 447 g/mol. The van der Waals surface area contributed by atoms with Crippen LogP contribution in [0.4, 0.5) is 39.5 Å². The zero-order valence-electron chi connectivity index (χ0n) is 15.6. The SMILES string of the molecule is FC(F)(F)c1ccc2c3ccc(C(F)(F)F)c4c(C(F)(F)F)ccc(c5cccc1c52)c43. The summed E-state index contributed by atoms with van der Waals surface area (Å²) in [5.74, 6) is 0. The van der Waals surface area contributed by atoms with Crippen LogP contribution in [-0.2, 0) is 18.5 Å². The van der Waals surface area contributed by atoms with E-state index in [1.807, 2.05) is 0 Å². The van der Waals surface area contributed by atoms with E-state index in [0.717, 1.165) is 24.3 Å². The molecule has 0 aromatic heterocycles. The Morgan fingerprint density at radius 3 is 1.19 bits per heavy atom. The highest BCUT2D eigenvalue weighted by molar-refractivity contribution is 6.33. The molecule has 0 bridgehead atoms. The Morgan fingerprint density at radius 1 is 0.344 bits per heavy atom. The van der Waals surface area contributed by atoms with E-state index < -0.39 is 40.6 Å². The van der Waals surface area contributed by atoms with Crippen LogP contribution in [-0.4, -0.2) is 0 Å². The van der Waals surface area contributed by atoms with E-state index >= 15 is 0 Å². The molecule has 0 atom stereocenters. The first kappa shape index (κ1) is 20.7. The van der Waals surface area contributed by atoms with Crippen LogP contribution in [0.1, 0.15) is 16.7 Å². The fourth-order valence-corrected chi connectivity index (χ4v) is 4.52. The van der Waals surface area contributed by atoms with Crippen LogP contribution in [0.2, 0.25) is 0 Å². The van der Waals surface area contributed by atoms with E-state index in [1.165, 1.54) is 18.2 Å². The van der Waals surface area contributed by atoms with Gasteiger partial charge in [0, 0.05) is 5.39 Å². The molecule has 164 valence electrons. The van der Waals surface area contributed by atoms with Crippen LogP contribution < -0.4 is 0 Å². The van der Waals surface area contributed by atoms with E-state index in [-0.39, 0.29) is 37.7 Å². The molecule has 0 fully saturated rings. The van der Waals surface area contributed by atoms with Crippen LogP contribution in [0.25, 0.3) is 43.1 Å². The van der Waals surface area contributed by atoms with Crippen molar-refractivity contribution in [1.29, 1.82) is 0 Å². The van der Waals surface area contributed by atoms with Gasteiger partial charge in [0.05, 0.1) is 16.7 Å². The molecule has 5 rings (SSSR count). The average Bonchev–Trinajstić information content (AvgIpc) is 2.68. The fraction of sp³-hybridized carbons (Fsp3) is 0.130. The molecule has 5 aromatic carbocycles. The molecule has 9 heteroatoms. The standard InChI is InChI=1S/C23H9F9/c24-21(25,26)15-7-4-11-13-6-9-17(23(30,31)32)20-16(22(27,28)29)8-5-12(19(13)20)10-2-1-3-14(15)18(10)11/h1-9H. The molecule has 32 heavy (non-hydrogen) atoms. The first-order chi connectivity index (χ1) is 14.8. The van der Waals surface area contributed by atoms with Crippen molar-refractivity contribution in [2.75, 3.05) is 0 Å². The van der Waals surface area contributed by atoms with Gasteiger partial charge in [0.1, 0.15) is 0 Å². The molecule has 0 aliphatic heterocycles. The topological polar surface area (TPSA) is 0 Å². The zero-order valence-corrected chi connectivity index (χ0v) is 15.6. The Kier molecular flexibility index (Phi) is 3.99. The van der Waals surface area contributed by atoms with Crippen LogP contribution in [0.5, 0.6) is 0 Å². The highest BCUT2D eigenvalue weighted by atomic mass is 19.4. The molecule has 5 aromatic rings. The third kappa shape index (κ3) is 2.79. The van der Waals surface area contributed by atoms with Gasteiger partial charge in [0.25, 0.3) is 0 Å². The maximum absolute atomic E-state index is 13.7. The minimum absolute atomic E-state index is 0.0199. The molecule has 0 aliphatic carbocycles. The van der Waals surface area contributed by atoms with Gasteiger partial charge in [-0.15, -0.1) is 0 Å². The van der Waals surface area contributed by atoms with Crippen LogP contribution in [0.15, 0.2) is 54.6 Å². The van der Waals surface area contributed by atoms with Crippen molar-refractivity contribution in [1.82, 2.24) is 0 Å². The van der Waals surface area contributed by atoms with Gasteiger partial charge in [-0.3, -0.25) is 0 Å². The molecule has 0 aliphatic rings. The number of halogens is 9. The summed E-state index contributed by atoms with van der Waals surface area (Å²) < 4.78 is 123. The van der Waals surface area contributed by atoms with E-state index in [4.69, 9.17) is 0 Å². The lowest BCUT2D eigenvalue weighted by atomic mass is 9.85. The van der Waals surface area contributed by atoms with E-state index in [1.54, 1.807) is 0 Å². The van der Waals surface area contributed by atoms with Crippen molar-refractivity contribution >= 4 is 43.1 Å². The van der Waals surface area contributed by atoms with Gasteiger partial charge >= 0.3 is 18.5 Å². The van der Waals surface area contributed by atoms with E-state index in [9.17, 15) is 39.5 Å². The molecule has 0 heterocycles. The van der Waals surface area contributed by atoms with Gasteiger partial charge < -0.3 is 0 Å². The molecule has 0 unspecified atom stereocenters. The van der Waals surface area contributed by atoms with Crippen molar-refractivity contribution < 1.29 is 39.5 Å². The minimum atomic E-state index is -5.07. The Labute approximate surface area is 173 Å². The average molecular weight is 456 g/mol. The van der Waals surface area contributed by atoms with Gasteiger partial charge in [0.2, 0.25) is 0 Å². The van der Waals surface area contributed by atoms with Crippen molar-refractivity contribution in [2.45, 2.75) is 18.5 Å². The fourth-order valence-electron chi connectivity index (χ4n) is 4.52. The summed E-state index contributed by atoms with van der Waals surface area (Å²) >= 11 is 0. The monoisotopic (exact) mass is 456 g/mol. The predicted molar refractivity (Wildman–Crippen MR) is 103 cm³/mol. The van der Waals surface area contributed by atoms with Crippen LogP contribution >= 0.6 is 0 Å². The number of hydrogen-bond donors (Lipinski definition) is 0. The third-order valence-corrected chi connectivity index (χ3v) is 5.70. The molecule has 0 saturated carbocycles. The largest absolute Gasteiger partial charge is 0.417 e. The van der Waals surface area contributed by atoms with Gasteiger partial charge in [-0.05, 0) is 55.9 Å². The molecule has 0 amide bonds. The normalized spacial score (nSPS) is 13.8.